The molecule has 1 amide bonds. The van der Waals surface area contributed by atoms with Crippen LogP contribution in [-0.4, -0.2) is 26.0 Å². The van der Waals surface area contributed by atoms with E-state index >= 15 is 0 Å². The molecule has 2 rings (SSSR count). The van der Waals surface area contributed by atoms with E-state index in [9.17, 15) is 4.79 Å². The van der Waals surface area contributed by atoms with Crippen LogP contribution in [0.3, 0.4) is 0 Å². The molecule has 0 aromatic heterocycles. The Morgan fingerprint density at radius 2 is 1.89 bits per heavy atom. The van der Waals surface area contributed by atoms with Crippen LogP contribution in [0, 0.1) is 0 Å². The van der Waals surface area contributed by atoms with E-state index in [1.54, 1.807) is 0 Å². The van der Waals surface area contributed by atoms with Crippen molar-refractivity contribution in [1.29, 1.82) is 0 Å². The molecule has 0 heterocycles. The fourth-order valence-corrected chi connectivity index (χ4v) is 1.97. The molecule has 0 atom stereocenters. The van der Waals surface area contributed by atoms with Gasteiger partial charge in [0.1, 0.15) is 0 Å². The van der Waals surface area contributed by atoms with Crippen LogP contribution in [0.5, 0.6) is 0 Å². The van der Waals surface area contributed by atoms with Gasteiger partial charge in [-0.25, -0.2) is 0 Å². The van der Waals surface area contributed by atoms with E-state index in [1.807, 2.05) is 37.1 Å². The number of anilines is 1. The van der Waals surface area contributed by atoms with Crippen molar-refractivity contribution < 1.29 is 4.79 Å². The first-order chi connectivity index (χ1) is 8.70. The number of carbonyl (C=O) groups excluding carboxylic acids is 1. The number of fused-ring (bicyclic) bond motifs is 1. The van der Waals surface area contributed by atoms with Gasteiger partial charge in [-0.1, -0.05) is 30.3 Å². The standard InChI is InChI=1S/C15H18N2O/c1-3-16-15(18)11-17(2)14-9-8-12-6-4-5-7-13(12)10-14/h4-10H,3,11H2,1-2H3,(H,16,18). The van der Waals surface area contributed by atoms with Crippen molar-refractivity contribution in [2.24, 2.45) is 0 Å². The summed E-state index contributed by atoms with van der Waals surface area (Å²) >= 11 is 0. The van der Waals surface area contributed by atoms with Gasteiger partial charge in [-0.2, -0.15) is 0 Å². The predicted molar refractivity (Wildman–Crippen MR) is 75.9 cm³/mol. The summed E-state index contributed by atoms with van der Waals surface area (Å²) in [5.74, 6) is 0.0492. The Labute approximate surface area is 107 Å². The van der Waals surface area contributed by atoms with Crippen molar-refractivity contribution in [3.05, 3.63) is 42.5 Å². The molecule has 1 N–H and O–H groups in total. The number of rotatable bonds is 4. The van der Waals surface area contributed by atoms with Crippen LogP contribution in [0.4, 0.5) is 5.69 Å². The van der Waals surface area contributed by atoms with Crippen LogP contribution in [0.2, 0.25) is 0 Å². The monoisotopic (exact) mass is 242 g/mol. The van der Waals surface area contributed by atoms with Gasteiger partial charge < -0.3 is 10.2 Å². The number of likely N-dealkylation sites (N-methyl/N-ethyl adjacent to an activating group) is 2. The average molecular weight is 242 g/mol. The lowest BCUT2D eigenvalue weighted by Gasteiger charge is -2.19. The van der Waals surface area contributed by atoms with Gasteiger partial charge >= 0.3 is 0 Å². The Morgan fingerprint density at radius 1 is 1.17 bits per heavy atom. The van der Waals surface area contributed by atoms with Gasteiger partial charge in [0.25, 0.3) is 0 Å². The molecule has 0 aliphatic rings. The van der Waals surface area contributed by atoms with Crippen LogP contribution >= 0.6 is 0 Å². The molecular weight excluding hydrogens is 224 g/mol. The van der Waals surface area contributed by atoms with Crippen molar-refractivity contribution in [1.82, 2.24) is 5.32 Å². The molecule has 0 saturated carbocycles. The first kappa shape index (κ1) is 12.4. The second-order valence-electron chi connectivity index (χ2n) is 4.34. The highest BCUT2D eigenvalue weighted by Crippen LogP contribution is 2.20. The van der Waals surface area contributed by atoms with E-state index in [2.05, 4.69) is 29.6 Å². The molecular formula is C15H18N2O. The van der Waals surface area contributed by atoms with Crippen LogP contribution in [0.1, 0.15) is 6.92 Å². The van der Waals surface area contributed by atoms with E-state index in [1.165, 1.54) is 10.8 Å². The summed E-state index contributed by atoms with van der Waals surface area (Å²) in [5, 5.41) is 5.21. The molecule has 0 radical (unpaired) electrons. The van der Waals surface area contributed by atoms with Crippen molar-refractivity contribution in [2.75, 3.05) is 25.0 Å². The lowest BCUT2D eigenvalue weighted by molar-refractivity contribution is -0.119. The quantitative estimate of drug-likeness (QED) is 0.893. The fraction of sp³-hybridized carbons (Fsp3) is 0.267. The highest BCUT2D eigenvalue weighted by atomic mass is 16.1. The Morgan fingerprint density at radius 3 is 2.61 bits per heavy atom. The minimum Gasteiger partial charge on any atom is -0.365 e. The molecule has 18 heavy (non-hydrogen) atoms. The Balaban J connectivity index is 2.17. The van der Waals surface area contributed by atoms with Crippen molar-refractivity contribution in [3.8, 4) is 0 Å². The van der Waals surface area contributed by atoms with Crippen molar-refractivity contribution >= 4 is 22.4 Å². The number of amides is 1. The third-order valence-corrected chi connectivity index (χ3v) is 2.93. The molecule has 0 fully saturated rings. The second kappa shape index (κ2) is 5.54. The Bertz CT molecular complexity index is 551. The first-order valence-corrected chi connectivity index (χ1v) is 6.17. The zero-order valence-electron chi connectivity index (χ0n) is 10.8. The largest absolute Gasteiger partial charge is 0.365 e. The van der Waals surface area contributed by atoms with Crippen molar-refractivity contribution in [2.45, 2.75) is 6.92 Å². The van der Waals surface area contributed by atoms with E-state index in [0.717, 1.165) is 5.69 Å². The number of nitrogens with one attached hydrogen (secondary N) is 1. The summed E-state index contributed by atoms with van der Waals surface area (Å²) in [7, 11) is 1.93. The number of hydrogen-bond donors (Lipinski definition) is 1. The smallest absolute Gasteiger partial charge is 0.239 e. The molecule has 2 aromatic rings. The molecule has 3 heteroatoms. The van der Waals surface area contributed by atoms with Crippen LogP contribution in [-0.2, 0) is 4.79 Å². The fourth-order valence-electron chi connectivity index (χ4n) is 1.97. The van der Waals surface area contributed by atoms with Gasteiger partial charge in [0.15, 0.2) is 0 Å². The summed E-state index contributed by atoms with van der Waals surface area (Å²) in [6, 6.07) is 14.5. The zero-order valence-corrected chi connectivity index (χ0v) is 10.8. The SMILES string of the molecule is CCNC(=O)CN(C)c1ccc2ccccc2c1. The first-order valence-electron chi connectivity index (χ1n) is 6.17. The Hall–Kier alpha value is -2.03. The number of hydrogen-bond acceptors (Lipinski definition) is 2. The lowest BCUT2D eigenvalue weighted by Crippen LogP contribution is -2.34. The summed E-state index contributed by atoms with van der Waals surface area (Å²) in [6.07, 6.45) is 0. The number of benzene rings is 2. The summed E-state index contributed by atoms with van der Waals surface area (Å²) in [4.78, 5) is 13.5. The number of nitrogens with zero attached hydrogens (tertiary/aromatic N) is 1. The number of carbonyl (C=O) groups is 1. The molecule has 0 aliphatic heterocycles. The average Bonchev–Trinajstić information content (AvgIpc) is 2.38. The molecule has 0 bridgehead atoms. The van der Waals surface area contributed by atoms with Gasteiger partial charge in [-0.15, -0.1) is 0 Å². The van der Waals surface area contributed by atoms with Gasteiger partial charge in [0.2, 0.25) is 5.91 Å². The van der Waals surface area contributed by atoms with Gasteiger partial charge in [-0.3, -0.25) is 4.79 Å². The summed E-state index contributed by atoms with van der Waals surface area (Å²) < 4.78 is 0. The van der Waals surface area contributed by atoms with Crippen LogP contribution in [0.15, 0.2) is 42.5 Å². The molecule has 3 nitrogen and oxygen atoms in total. The van der Waals surface area contributed by atoms with Gasteiger partial charge in [0.05, 0.1) is 6.54 Å². The molecule has 2 aromatic carbocycles. The lowest BCUT2D eigenvalue weighted by atomic mass is 10.1. The molecule has 94 valence electrons. The second-order valence-corrected chi connectivity index (χ2v) is 4.34. The third-order valence-electron chi connectivity index (χ3n) is 2.93. The van der Waals surface area contributed by atoms with E-state index in [-0.39, 0.29) is 5.91 Å². The minimum absolute atomic E-state index is 0.0492. The third kappa shape index (κ3) is 2.80. The van der Waals surface area contributed by atoms with Crippen LogP contribution < -0.4 is 10.2 Å². The molecule has 0 aliphatic carbocycles. The van der Waals surface area contributed by atoms with Gasteiger partial charge in [-0.05, 0) is 29.8 Å². The maximum absolute atomic E-state index is 11.5. The molecule has 0 unspecified atom stereocenters. The highest BCUT2D eigenvalue weighted by molar-refractivity contribution is 5.87. The van der Waals surface area contributed by atoms with Crippen molar-refractivity contribution in [3.63, 3.8) is 0 Å². The summed E-state index contributed by atoms with van der Waals surface area (Å²) in [5.41, 5.74) is 1.06. The maximum Gasteiger partial charge on any atom is 0.239 e. The zero-order chi connectivity index (χ0) is 13.0. The van der Waals surface area contributed by atoms with Gasteiger partial charge in [0, 0.05) is 19.3 Å². The maximum atomic E-state index is 11.5. The normalized spacial score (nSPS) is 10.3. The van der Waals surface area contributed by atoms with E-state index in [4.69, 9.17) is 0 Å². The Kier molecular flexibility index (Phi) is 3.82. The predicted octanol–water partition coefficient (Wildman–Crippen LogP) is 2.41. The summed E-state index contributed by atoms with van der Waals surface area (Å²) in [6.45, 7) is 2.98. The van der Waals surface area contributed by atoms with E-state index < -0.39 is 0 Å². The minimum atomic E-state index is 0.0492. The molecule has 0 spiro atoms. The van der Waals surface area contributed by atoms with E-state index in [0.29, 0.717) is 13.1 Å². The highest BCUT2D eigenvalue weighted by Gasteiger charge is 2.06. The molecule has 0 saturated heterocycles. The van der Waals surface area contributed by atoms with Crippen LogP contribution in [0.25, 0.3) is 10.8 Å². The topological polar surface area (TPSA) is 32.3 Å².